The molecule has 0 fully saturated rings. The number of halogens is 1. The zero-order valence-corrected chi connectivity index (χ0v) is 13.2. The van der Waals surface area contributed by atoms with Gasteiger partial charge in [-0.25, -0.2) is 9.56 Å². The van der Waals surface area contributed by atoms with Crippen LogP contribution in [0.15, 0.2) is 53.3 Å². The van der Waals surface area contributed by atoms with E-state index in [1.807, 2.05) is 30.3 Å². The Morgan fingerprint density at radius 3 is 2.55 bits per heavy atom. The molecule has 1 aliphatic rings. The lowest BCUT2D eigenvalue weighted by Crippen LogP contribution is -2.13. The summed E-state index contributed by atoms with van der Waals surface area (Å²) in [6, 6.07) is 14.3. The highest BCUT2D eigenvalue weighted by Crippen LogP contribution is 2.34. The second kappa shape index (κ2) is 6.05. The van der Waals surface area contributed by atoms with Gasteiger partial charge in [0.2, 0.25) is 5.90 Å². The van der Waals surface area contributed by atoms with Crippen molar-refractivity contribution in [3.05, 3.63) is 70.2 Å². The Bertz CT molecular complexity index is 790. The zero-order valence-electron chi connectivity index (χ0n) is 11.4. The molecule has 1 aliphatic heterocycles. The average Bonchev–Trinajstić information content (AvgIpc) is 2.87. The molecule has 22 heavy (non-hydrogen) atoms. The first-order valence-electron chi connectivity index (χ1n) is 6.55. The van der Waals surface area contributed by atoms with Crippen LogP contribution in [0, 0.1) is 5.16 Å². The van der Waals surface area contributed by atoms with Crippen LogP contribution in [-0.2, 0) is 4.74 Å². The standard InChI is InChI=1S/C15H13ClN3O2P/c16-12-6-4-9(5-7-12)13(17)10-2-1-3-11(8-10)14-19-22(18)15(20)21-14/h1-8,13,18,22H,17H2/t13-/m0/s1. The summed E-state index contributed by atoms with van der Waals surface area (Å²) in [5.41, 5.74) is 8.15. The Hall–Kier alpha value is -1.94. The van der Waals surface area contributed by atoms with Crippen molar-refractivity contribution < 1.29 is 9.53 Å². The van der Waals surface area contributed by atoms with Gasteiger partial charge < -0.3 is 10.5 Å². The minimum absolute atomic E-state index is 0.207. The number of hydrogen-bond acceptors (Lipinski definition) is 4. The van der Waals surface area contributed by atoms with E-state index in [2.05, 4.69) is 4.76 Å². The monoisotopic (exact) mass is 333 g/mol. The van der Waals surface area contributed by atoms with Gasteiger partial charge in [-0.2, -0.15) is 0 Å². The number of nitrogens with two attached hydrogens (primary N) is 1. The molecule has 3 N–H and O–H groups in total. The average molecular weight is 334 g/mol. The number of carbonyl (C=O) groups excluding carboxylic acids is 1. The Balaban J connectivity index is 1.91. The molecule has 2 aromatic rings. The van der Waals surface area contributed by atoms with E-state index < -0.39 is 13.6 Å². The quantitative estimate of drug-likeness (QED) is 0.826. The molecule has 0 radical (unpaired) electrons. The van der Waals surface area contributed by atoms with E-state index in [0.717, 1.165) is 11.1 Å². The third-order valence-corrected chi connectivity index (χ3v) is 4.49. The minimum atomic E-state index is -2.19. The molecule has 0 spiro atoms. The molecule has 0 amide bonds. The summed E-state index contributed by atoms with van der Waals surface area (Å²) in [6.07, 6.45) is 0. The summed E-state index contributed by atoms with van der Waals surface area (Å²) in [6.45, 7) is 0. The first-order chi connectivity index (χ1) is 10.5. The molecule has 0 saturated heterocycles. The highest BCUT2D eigenvalue weighted by atomic mass is 35.5. The van der Waals surface area contributed by atoms with E-state index in [-0.39, 0.29) is 11.9 Å². The van der Waals surface area contributed by atoms with Crippen LogP contribution >= 0.6 is 19.5 Å². The molecule has 1 unspecified atom stereocenters. The third kappa shape index (κ3) is 2.97. The minimum Gasteiger partial charge on any atom is -0.401 e. The highest BCUT2D eigenvalue weighted by molar-refractivity contribution is 7.63. The summed E-state index contributed by atoms with van der Waals surface area (Å²) in [5, 5.41) is 8.17. The Morgan fingerprint density at radius 1 is 1.18 bits per heavy atom. The summed E-state index contributed by atoms with van der Waals surface area (Å²) < 4.78 is 9.01. The van der Waals surface area contributed by atoms with E-state index in [4.69, 9.17) is 27.2 Å². The number of cyclic esters (lactones) is 1. The molecule has 2 atom stereocenters. The molecule has 0 bridgehead atoms. The normalized spacial score (nSPS) is 18.7. The number of nitrogens with zero attached hydrogens (tertiary/aromatic N) is 1. The molecule has 5 nitrogen and oxygen atoms in total. The number of carbonyl (C=O) groups is 1. The second-order valence-electron chi connectivity index (χ2n) is 4.81. The van der Waals surface area contributed by atoms with Gasteiger partial charge in [0, 0.05) is 10.6 Å². The van der Waals surface area contributed by atoms with Gasteiger partial charge in [0.1, 0.15) is 0 Å². The fourth-order valence-corrected chi connectivity index (χ4v) is 2.95. The molecule has 7 heteroatoms. The number of nitrogens with one attached hydrogen (secondary N) is 1. The van der Waals surface area contributed by atoms with Gasteiger partial charge in [0.05, 0.1) is 6.04 Å². The van der Waals surface area contributed by atoms with Crippen molar-refractivity contribution >= 4 is 31.1 Å². The van der Waals surface area contributed by atoms with Crippen LogP contribution in [0.1, 0.15) is 22.7 Å². The van der Waals surface area contributed by atoms with Crippen molar-refractivity contribution in [2.45, 2.75) is 6.04 Å². The fraction of sp³-hybridized carbons (Fsp3) is 0.0667. The smallest absolute Gasteiger partial charge is 0.368 e. The van der Waals surface area contributed by atoms with E-state index in [1.165, 1.54) is 0 Å². The van der Waals surface area contributed by atoms with Crippen LogP contribution < -0.4 is 5.73 Å². The van der Waals surface area contributed by atoms with Gasteiger partial charge in [-0.1, -0.05) is 35.9 Å². The maximum atomic E-state index is 11.3. The molecule has 0 saturated carbocycles. The van der Waals surface area contributed by atoms with Crippen LogP contribution in [0.4, 0.5) is 4.79 Å². The van der Waals surface area contributed by atoms with Crippen molar-refractivity contribution in [1.82, 2.24) is 0 Å². The first kappa shape index (κ1) is 15.0. The maximum Gasteiger partial charge on any atom is 0.368 e. The van der Waals surface area contributed by atoms with E-state index in [0.29, 0.717) is 10.6 Å². The molecule has 3 rings (SSSR count). The summed E-state index contributed by atoms with van der Waals surface area (Å²) in [7, 11) is -2.19. The van der Waals surface area contributed by atoms with Gasteiger partial charge in [0.25, 0.3) is 0 Å². The number of benzene rings is 2. The Labute approximate surface area is 133 Å². The van der Waals surface area contributed by atoms with Gasteiger partial charge in [-0.15, -0.1) is 0 Å². The van der Waals surface area contributed by atoms with E-state index in [9.17, 15) is 4.79 Å². The van der Waals surface area contributed by atoms with Gasteiger partial charge in [-0.05, 0) is 35.4 Å². The van der Waals surface area contributed by atoms with Crippen LogP contribution in [0.25, 0.3) is 0 Å². The van der Waals surface area contributed by atoms with Crippen molar-refractivity contribution in [3.63, 3.8) is 0 Å². The fourth-order valence-electron chi connectivity index (χ4n) is 2.16. The van der Waals surface area contributed by atoms with E-state index in [1.54, 1.807) is 18.2 Å². The lowest BCUT2D eigenvalue weighted by molar-refractivity contribution is 0.225. The summed E-state index contributed by atoms with van der Waals surface area (Å²) in [4.78, 5) is 11.3. The lowest BCUT2D eigenvalue weighted by atomic mass is 9.98. The largest absolute Gasteiger partial charge is 0.401 e. The predicted octanol–water partition coefficient (Wildman–Crippen LogP) is 4.18. The Kier molecular flexibility index (Phi) is 4.12. The summed E-state index contributed by atoms with van der Waals surface area (Å²) in [5.74, 6) is 0.207. The molecular formula is C15H13ClN3O2P. The molecule has 1 heterocycles. The molecule has 0 aromatic heterocycles. The topological polar surface area (TPSA) is 88.5 Å². The van der Waals surface area contributed by atoms with Gasteiger partial charge in [-0.3, -0.25) is 5.16 Å². The summed E-state index contributed by atoms with van der Waals surface area (Å²) >= 11 is 5.88. The van der Waals surface area contributed by atoms with Crippen LogP contribution in [0.3, 0.4) is 0 Å². The van der Waals surface area contributed by atoms with Crippen molar-refractivity contribution in [1.29, 1.82) is 5.16 Å². The number of rotatable bonds is 3. The van der Waals surface area contributed by atoms with Crippen molar-refractivity contribution in [2.24, 2.45) is 10.5 Å². The molecule has 2 aromatic carbocycles. The Morgan fingerprint density at radius 2 is 1.91 bits per heavy atom. The SMILES string of the molecule is N=[PH]1N=C(c2cccc([C@@H](N)c3ccc(Cl)cc3)c2)OC1=O. The van der Waals surface area contributed by atoms with Crippen molar-refractivity contribution in [3.8, 4) is 0 Å². The first-order valence-corrected chi connectivity index (χ1v) is 8.38. The van der Waals surface area contributed by atoms with Crippen LogP contribution in [0.5, 0.6) is 0 Å². The van der Waals surface area contributed by atoms with Crippen molar-refractivity contribution in [2.75, 3.05) is 0 Å². The van der Waals surface area contributed by atoms with Crippen LogP contribution in [-0.4, -0.2) is 11.6 Å². The second-order valence-corrected chi connectivity index (χ2v) is 6.58. The van der Waals surface area contributed by atoms with E-state index >= 15 is 0 Å². The third-order valence-electron chi connectivity index (χ3n) is 3.32. The maximum absolute atomic E-state index is 11.3. The molecular weight excluding hydrogens is 321 g/mol. The number of hydrogen-bond donors (Lipinski definition) is 2. The highest BCUT2D eigenvalue weighted by Gasteiger charge is 2.23. The predicted molar refractivity (Wildman–Crippen MR) is 88.0 cm³/mol. The van der Waals surface area contributed by atoms with Crippen LogP contribution in [0.2, 0.25) is 5.02 Å². The molecule has 112 valence electrons. The number of ether oxygens (including phenoxy) is 1. The van der Waals surface area contributed by atoms with Gasteiger partial charge in [0.15, 0.2) is 7.86 Å². The van der Waals surface area contributed by atoms with Gasteiger partial charge >= 0.3 is 5.71 Å². The zero-order chi connectivity index (χ0) is 15.7. The molecule has 0 aliphatic carbocycles. The lowest BCUT2D eigenvalue weighted by Gasteiger charge is -2.13.